The fraction of sp³-hybridized carbons (Fsp3) is 0.300. The second-order valence-corrected chi connectivity index (χ2v) is 4.07. The second kappa shape index (κ2) is 4.11. The van der Waals surface area contributed by atoms with E-state index in [4.69, 9.17) is 4.74 Å². The number of rotatable bonds is 1. The van der Waals surface area contributed by atoms with E-state index in [1.54, 1.807) is 0 Å². The van der Waals surface area contributed by atoms with Crippen LogP contribution >= 0.6 is 15.9 Å². The third-order valence-electron chi connectivity index (χ3n) is 2.14. The molecule has 0 saturated carbocycles. The molecule has 0 bridgehead atoms. The highest BCUT2D eigenvalue weighted by atomic mass is 79.9. The number of hydrogen-bond acceptors (Lipinski definition) is 2. The summed E-state index contributed by atoms with van der Waals surface area (Å²) in [5, 5.41) is 2.77. The monoisotopic (exact) mass is 255 g/mol. The molecule has 0 aromatic heterocycles. The minimum absolute atomic E-state index is 0.0131. The van der Waals surface area contributed by atoms with E-state index < -0.39 is 0 Å². The Morgan fingerprint density at radius 1 is 1.36 bits per heavy atom. The number of benzene rings is 1. The van der Waals surface area contributed by atoms with Crippen molar-refractivity contribution in [1.29, 1.82) is 0 Å². The van der Waals surface area contributed by atoms with Crippen LogP contribution in [-0.2, 0) is 9.53 Å². The lowest BCUT2D eigenvalue weighted by atomic mass is 10.1. The summed E-state index contributed by atoms with van der Waals surface area (Å²) in [4.78, 5) is 10.9. The first-order valence-electron chi connectivity index (χ1n) is 4.39. The van der Waals surface area contributed by atoms with Crippen LogP contribution < -0.4 is 5.32 Å². The number of hydrogen-bond donors (Lipinski definition) is 1. The Morgan fingerprint density at radius 2 is 2.07 bits per heavy atom. The van der Waals surface area contributed by atoms with Gasteiger partial charge in [-0.1, -0.05) is 28.1 Å². The van der Waals surface area contributed by atoms with Crippen LogP contribution in [0, 0.1) is 0 Å². The zero-order chi connectivity index (χ0) is 9.97. The van der Waals surface area contributed by atoms with Gasteiger partial charge in [0.25, 0.3) is 0 Å². The molecule has 4 heteroatoms. The molecule has 0 aliphatic carbocycles. The highest BCUT2D eigenvalue weighted by molar-refractivity contribution is 9.10. The quantitative estimate of drug-likeness (QED) is 0.829. The van der Waals surface area contributed by atoms with Crippen LogP contribution in [-0.4, -0.2) is 19.1 Å². The zero-order valence-electron chi connectivity index (χ0n) is 7.50. The number of carbonyl (C=O) groups is 1. The van der Waals surface area contributed by atoms with E-state index in [2.05, 4.69) is 21.2 Å². The van der Waals surface area contributed by atoms with Gasteiger partial charge in [-0.25, -0.2) is 0 Å². The average Bonchev–Trinajstić information content (AvgIpc) is 2.21. The molecule has 74 valence electrons. The van der Waals surface area contributed by atoms with E-state index in [9.17, 15) is 4.79 Å². The summed E-state index contributed by atoms with van der Waals surface area (Å²) in [7, 11) is 0. The van der Waals surface area contributed by atoms with E-state index >= 15 is 0 Å². The third-order valence-corrected chi connectivity index (χ3v) is 2.67. The Hall–Kier alpha value is -0.870. The number of amides is 1. The van der Waals surface area contributed by atoms with Crippen LogP contribution in [0.15, 0.2) is 28.7 Å². The molecule has 1 fully saturated rings. The molecule has 1 aliphatic rings. The summed E-state index contributed by atoms with van der Waals surface area (Å²) in [6.07, 6.45) is -0.0131. The first-order valence-corrected chi connectivity index (χ1v) is 5.19. The molecule has 1 aromatic rings. The second-order valence-electron chi connectivity index (χ2n) is 3.16. The van der Waals surface area contributed by atoms with Gasteiger partial charge in [0, 0.05) is 11.0 Å². The maximum atomic E-state index is 10.9. The SMILES string of the molecule is O=C1COC(c2ccc(Br)cc2)CN1. The number of nitrogens with one attached hydrogen (secondary N) is 1. The Bertz CT molecular complexity index is 326. The molecule has 0 radical (unpaired) electrons. The van der Waals surface area contributed by atoms with Crippen LogP contribution in [0.25, 0.3) is 0 Å². The topological polar surface area (TPSA) is 38.3 Å². The Labute approximate surface area is 90.6 Å². The molecule has 1 aromatic carbocycles. The molecule has 3 nitrogen and oxygen atoms in total. The number of ether oxygens (including phenoxy) is 1. The molecule has 1 saturated heterocycles. The minimum atomic E-state index is -0.0432. The number of carbonyl (C=O) groups excluding carboxylic acids is 1. The van der Waals surface area contributed by atoms with Crippen LogP contribution in [0.2, 0.25) is 0 Å². The lowest BCUT2D eigenvalue weighted by molar-refractivity contribution is -0.133. The lowest BCUT2D eigenvalue weighted by Gasteiger charge is -2.23. The van der Waals surface area contributed by atoms with Crippen molar-refractivity contribution >= 4 is 21.8 Å². The summed E-state index contributed by atoms with van der Waals surface area (Å²) in [5.41, 5.74) is 1.09. The van der Waals surface area contributed by atoms with E-state index in [0.29, 0.717) is 6.54 Å². The van der Waals surface area contributed by atoms with Crippen molar-refractivity contribution < 1.29 is 9.53 Å². The number of morpholine rings is 1. The predicted octanol–water partition coefficient (Wildman–Crippen LogP) is 1.64. The first kappa shape index (κ1) is 9.68. The van der Waals surface area contributed by atoms with Gasteiger partial charge in [0.2, 0.25) is 5.91 Å². The molecule has 0 spiro atoms. The highest BCUT2D eigenvalue weighted by Gasteiger charge is 2.19. The summed E-state index contributed by atoms with van der Waals surface area (Å²) in [6.45, 7) is 0.710. The maximum absolute atomic E-state index is 10.9. The van der Waals surface area contributed by atoms with E-state index in [1.165, 1.54) is 0 Å². The van der Waals surface area contributed by atoms with Crippen molar-refractivity contribution in [2.24, 2.45) is 0 Å². The predicted molar refractivity (Wildman–Crippen MR) is 55.8 cm³/mol. The molecular formula is C10H10BrNO2. The van der Waals surface area contributed by atoms with Gasteiger partial charge in [-0.2, -0.15) is 0 Å². The van der Waals surface area contributed by atoms with Gasteiger partial charge < -0.3 is 10.1 Å². The molecule has 2 rings (SSSR count). The Balaban J connectivity index is 2.08. The van der Waals surface area contributed by atoms with Crippen LogP contribution in [0.5, 0.6) is 0 Å². The largest absolute Gasteiger partial charge is 0.362 e. The van der Waals surface area contributed by atoms with Gasteiger partial charge in [-0.05, 0) is 17.7 Å². The van der Waals surface area contributed by atoms with E-state index in [1.807, 2.05) is 24.3 Å². The van der Waals surface area contributed by atoms with Crippen LogP contribution in [0.3, 0.4) is 0 Å². The third kappa shape index (κ3) is 2.13. The maximum Gasteiger partial charge on any atom is 0.246 e. The first-order chi connectivity index (χ1) is 6.75. The summed E-state index contributed by atoms with van der Waals surface area (Å²) >= 11 is 3.37. The molecule has 14 heavy (non-hydrogen) atoms. The van der Waals surface area contributed by atoms with E-state index in [-0.39, 0.29) is 18.6 Å². The molecule has 1 aliphatic heterocycles. The van der Waals surface area contributed by atoms with Gasteiger partial charge in [0.05, 0.1) is 0 Å². The van der Waals surface area contributed by atoms with Crippen molar-refractivity contribution in [1.82, 2.24) is 5.32 Å². The fourth-order valence-corrected chi connectivity index (χ4v) is 1.65. The average molecular weight is 256 g/mol. The Kier molecular flexibility index (Phi) is 2.84. The molecule has 1 amide bonds. The lowest BCUT2D eigenvalue weighted by Crippen LogP contribution is -2.38. The van der Waals surface area contributed by atoms with Gasteiger partial charge in [0.15, 0.2) is 0 Å². The molecule has 1 N–H and O–H groups in total. The Morgan fingerprint density at radius 3 is 2.64 bits per heavy atom. The highest BCUT2D eigenvalue weighted by Crippen LogP contribution is 2.20. The van der Waals surface area contributed by atoms with Crippen LogP contribution in [0.1, 0.15) is 11.7 Å². The molecule has 1 unspecified atom stereocenters. The van der Waals surface area contributed by atoms with Crippen molar-refractivity contribution in [3.8, 4) is 0 Å². The van der Waals surface area contributed by atoms with Crippen molar-refractivity contribution in [2.75, 3.05) is 13.2 Å². The van der Waals surface area contributed by atoms with Crippen molar-refractivity contribution in [2.45, 2.75) is 6.10 Å². The molecule has 1 atom stereocenters. The van der Waals surface area contributed by atoms with Gasteiger partial charge in [-0.15, -0.1) is 0 Å². The normalized spacial score (nSPS) is 21.8. The molecular weight excluding hydrogens is 246 g/mol. The summed E-state index contributed by atoms with van der Waals surface area (Å²) in [5.74, 6) is -0.0432. The zero-order valence-corrected chi connectivity index (χ0v) is 9.08. The van der Waals surface area contributed by atoms with Gasteiger partial charge in [-0.3, -0.25) is 4.79 Å². The summed E-state index contributed by atoms with van der Waals surface area (Å²) in [6, 6.07) is 7.92. The van der Waals surface area contributed by atoms with Gasteiger partial charge >= 0.3 is 0 Å². The smallest absolute Gasteiger partial charge is 0.246 e. The fourth-order valence-electron chi connectivity index (χ4n) is 1.38. The van der Waals surface area contributed by atoms with Crippen molar-refractivity contribution in [3.63, 3.8) is 0 Å². The standard InChI is InChI=1S/C10H10BrNO2/c11-8-3-1-7(2-4-8)9-5-12-10(13)6-14-9/h1-4,9H,5-6H2,(H,12,13). The van der Waals surface area contributed by atoms with Crippen LogP contribution in [0.4, 0.5) is 0 Å². The van der Waals surface area contributed by atoms with Gasteiger partial charge in [0.1, 0.15) is 12.7 Å². The molecule has 1 heterocycles. The van der Waals surface area contributed by atoms with Crippen molar-refractivity contribution in [3.05, 3.63) is 34.3 Å². The van der Waals surface area contributed by atoms with E-state index in [0.717, 1.165) is 10.0 Å². The number of halogens is 1. The summed E-state index contributed by atoms with van der Waals surface area (Å²) < 4.78 is 6.43. The minimum Gasteiger partial charge on any atom is -0.362 e.